The van der Waals surface area contributed by atoms with Crippen LogP contribution in [0.4, 0.5) is 0 Å². The van der Waals surface area contributed by atoms with E-state index in [0.29, 0.717) is 0 Å². The summed E-state index contributed by atoms with van der Waals surface area (Å²) in [6, 6.07) is 0. The molecule has 0 aromatic heterocycles. The van der Waals surface area contributed by atoms with E-state index in [0.717, 1.165) is 12.8 Å². The molecular formula is C14H16O6. The van der Waals surface area contributed by atoms with E-state index in [9.17, 15) is 14.4 Å². The first kappa shape index (κ1) is 13.1. The van der Waals surface area contributed by atoms with Crippen molar-refractivity contribution in [2.45, 2.75) is 32.0 Å². The molecule has 3 fully saturated rings. The van der Waals surface area contributed by atoms with Crippen LogP contribution in [-0.4, -0.2) is 36.7 Å². The Balaban J connectivity index is 1.54. The summed E-state index contributed by atoms with van der Waals surface area (Å²) in [6.45, 7) is 4.48. The van der Waals surface area contributed by atoms with Crippen molar-refractivity contribution in [3.63, 3.8) is 0 Å². The summed E-state index contributed by atoms with van der Waals surface area (Å²) in [6.07, 6.45) is 0.888. The zero-order valence-electron chi connectivity index (χ0n) is 11.2. The second-order valence-corrected chi connectivity index (χ2v) is 5.71. The maximum absolute atomic E-state index is 11.7. The summed E-state index contributed by atoms with van der Waals surface area (Å²) in [5.74, 6) is -1.06. The zero-order chi connectivity index (χ0) is 14.4. The Morgan fingerprint density at radius 2 is 2.15 bits per heavy atom. The van der Waals surface area contributed by atoms with Crippen LogP contribution in [-0.2, 0) is 28.6 Å². The van der Waals surface area contributed by atoms with Gasteiger partial charge in [-0.3, -0.25) is 4.79 Å². The molecule has 2 saturated carbocycles. The Kier molecular flexibility index (Phi) is 3.03. The molecule has 6 nitrogen and oxygen atoms in total. The smallest absolute Gasteiger partial charge is 0.344 e. The van der Waals surface area contributed by atoms with E-state index in [1.54, 1.807) is 0 Å². The van der Waals surface area contributed by atoms with Gasteiger partial charge in [0.1, 0.15) is 12.2 Å². The summed E-state index contributed by atoms with van der Waals surface area (Å²) in [4.78, 5) is 34.4. The van der Waals surface area contributed by atoms with Crippen LogP contribution in [0.1, 0.15) is 19.8 Å². The predicted octanol–water partition coefficient (Wildman–Crippen LogP) is 0.599. The van der Waals surface area contributed by atoms with Gasteiger partial charge in [-0.2, -0.15) is 0 Å². The first-order valence-electron chi connectivity index (χ1n) is 6.70. The zero-order valence-corrected chi connectivity index (χ0v) is 11.2. The highest BCUT2D eigenvalue weighted by Crippen LogP contribution is 2.55. The van der Waals surface area contributed by atoms with Crippen molar-refractivity contribution in [3.8, 4) is 0 Å². The fourth-order valence-electron chi connectivity index (χ4n) is 3.50. The quantitative estimate of drug-likeness (QED) is 0.426. The Morgan fingerprint density at radius 3 is 2.85 bits per heavy atom. The lowest BCUT2D eigenvalue weighted by molar-refractivity contribution is -0.168. The third-order valence-electron chi connectivity index (χ3n) is 4.35. The molecular weight excluding hydrogens is 264 g/mol. The fourth-order valence-corrected chi connectivity index (χ4v) is 3.50. The molecule has 0 aromatic rings. The largest absolute Gasteiger partial charge is 0.458 e. The maximum Gasteiger partial charge on any atom is 0.344 e. The van der Waals surface area contributed by atoms with Gasteiger partial charge in [0, 0.05) is 17.4 Å². The van der Waals surface area contributed by atoms with Gasteiger partial charge < -0.3 is 14.2 Å². The monoisotopic (exact) mass is 280 g/mol. The highest BCUT2D eigenvalue weighted by Gasteiger charge is 2.63. The second kappa shape index (κ2) is 4.61. The standard InChI is InChI=1S/C14H16O6/c1-6(2)13(16)18-5-10(15)19-11-7-3-8-9(4-7)14(17)20-12(8)11/h7-9,11-12H,1,3-5H2,2H3/t7-,8?,9?,11?,12?/m1/s1. The molecule has 20 heavy (non-hydrogen) atoms. The summed E-state index contributed by atoms with van der Waals surface area (Å²) in [7, 11) is 0. The molecule has 5 atom stereocenters. The van der Waals surface area contributed by atoms with Crippen LogP contribution in [0.25, 0.3) is 0 Å². The lowest BCUT2D eigenvalue weighted by Gasteiger charge is -2.25. The van der Waals surface area contributed by atoms with Crippen molar-refractivity contribution in [1.82, 2.24) is 0 Å². The number of hydrogen-bond donors (Lipinski definition) is 0. The highest BCUT2D eigenvalue weighted by atomic mass is 16.6. The first-order valence-corrected chi connectivity index (χ1v) is 6.70. The van der Waals surface area contributed by atoms with Gasteiger partial charge >= 0.3 is 17.9 Å². The van der Waals surface area contributed by atoms with Gasteiger partial charge in [0.2, 0.25) is 0 Å². The van der Waals surface area contributed by atoms with Crippen LogP contribution in [0.15, 0.2) is 12.2 Å². The summed E-state index contributed by atoms with van der Waals surface area (Å²) < 4.78 is 15.3. The van der Waals surface area contributed by atoms with E-state index in [2.05, 4.69) is 6.58 Å². The number of ether oxygens (including phenoxy) is 3. The minimum atomic E-state index is -0.623. The van der Waals surface area contributed by atoms with Gasteiger partial charge in [-0.05, 0) is 19.8 Å². The number of carbonyl (C=O) groups excluding carboxylic acids is 3. The Morgan fingerprint density at radius 1 is 1.40 bits per heavy atom. The van der Waals surface area contributed by atoms with E-state index in [-0.39, 0.29) is 35.4 Å². The summed E-state index contributed by atoms with van der Waals surface area (Å²) in [5, 5.41) is 0. The molecule has 6 heteroatoms. The summed E-state index contributed by atoms with van der Waals surface area (Å²) >= 11 is 0. The highest BCUT2D eigenvalue weighted by molar-refractivity contribution is 5.88. The molecule has 0 N–H and O–H groups in total. The maximum atomic E-state index is 11.7. The number of carbonyl (C=O) groups is 3. The van der Waals surface area contributed by atoms with Crippen molar-refractivity contribution in [2.24, 2.45) is 17.8 Å². The minimum Gasteiger partial charge on any atom is -0.458 e. The topological polar surface area (TPSA) is 78.9 Å². The number of fused-ring (bicyclic) bond motifs is 1. The van der Waals surface area contributed by atoms with E-state index < -0.39 is 24.6 Å². The molecule has 1 heterocycles. The van der Waals surface area contributed by atoms with Crippen LogP contribution < -0.4 is 0 Å². The molecule has 108 valence electrons. The van der Waals surface area contributed by atoms with E-state index >= 15 is 0 Å². The molecule has 3 aliphatic rings. The molecule has 1 aliphatic heterocycles. The van der Waals surface area contributed by atoms with Gasteiger partial charge in [-0.15, -0.1) is 0 Å². The van der Waals surface area contributed by atoms with Crippen LogP contribution in [0, 0.1) is 17.8 Å². The van der Waals surface area contributed by atoms with Crippen LogP contribution in [0.3, 0.4) is 0 Å². The normalized spacial score (nSPS) is 36.6. The molecule has 0 spiro atoms. The van der Waals surface area contributed by atoms with E-state index in [1.165, 1.54) is 6.92 Å². The Bertz CT molecular complexity index is 496. The van der Waals surface area contributed by atoms with E-state index in [4.69, 9.17) is 14.2 Å². The third-order valence-corrected chi connectivity index (χ3v) is 4.35. The molecule has 0 amide bonds. The van der Waals surface area contributed by atoms with Gasteiger partial charge in [0.05, 0.1) is 5.92 Å². The number of esters is 3. The second-order valence-electron chi connectivity index (χ2n) is 5.71. The molecule has 2 bridgehead atoms. The Labute approximate surface area is 116 Å². The van der Waals surface area contributed by atoms with Gasteiger partial charge in [-0.1, -0.05) is 6.58 Å². The van der Waals surface area contributed by atoms with Crippen molar-refractivity contribution >= 4 is 17.9 Å². The predicted molar refractivity (Wildman–Crippen MR) is 65.2 cm³/mol. The molecule has 0 aromatic carbocycles. The molecule has 4 unspecified atom stereocenters. The third kappa shape index (κ3) is 1.99. The average Bonchev–Trinajstić information content (AvgIpc) is 3.00. The number of hydrogen-bond acceptors (Lipinski definition) is 6. The van der Waals surface area contributed by atoms with Crippen molar-refractivity contribution in [2.75, 3.05) is 6.61 Å². The van der Waals surface area contributed by atoms with Crippen molar-refractivity contribution in [1.29, 1.82) is 0 Å². The molecule has 0 radical (unpaired) electrons. The van der Waals surface area contributed by atoms with Gasteiger partial charge in [-0.25, -0.2) is 9.59 Å². The van der Waals surface area contributed by atoms with Crippen molar-refractivity contribution in [3.05, 3.63) is 12.2 Å². The van der Waals surface area contributed by atoms with Gasteiger partial charge in [0.15, 0.2) is 6.61 Å². The summed E-state index contributed by atoms with van der Waals surface area (Å²) in [5.41, 5.74) is 0.227. The first-order chi connectivity index (χ1) is 9.47. The van der Waals surface area contributed by atoms with E-state index in [1.807, 2.05) is 0 Å². The van der Waals surface area contributed by atoms with Gasteiger partial charge in [0.25, 0.3) is 0 Å². The lowest BCUT2D eigenvalue weighted by Crippen LogP contribution is -2.37. The number of rotatable bonds is 4. The van der Waals surface area contributed by atoms with Crippen molar-refractivity contribution < 1.29 is 28.6 Å². The van der Waals surface area contributed by atoms with Crippen LogP contribution >= 0.6 is 0 Å². The van der Waals surface area contributed by atoms with Crippen LogP contribution in [0.2, 0.25) is 0 Å². The van der Waals surface area contributed by atoms with Crippen LogP contribution in [0.5, 0.6) is 0 Å². The minimum absolute atomic E-state index is 0.0128. The molecule has 3 rings (SSSR count). The Hall–Kier alpha value is -1.85. The molecule has 1 saturated heterocycles. The SMILES string of the molecule is C=C(C)C(=O)OCC(=O)OC1C2OC(=O)C3C[C@H]1CC32. The lowest BCUT2D eigenvalue weighted by atomic mass is 9.88. The fraction of sp³-hybridized carbons (Fsp3) is 0.643. The molecule has 2 aliphatic carbocycles. The average molecular weight is 280 g/mol.